The van der Waals surface area contributed by atoms with E-state index in [1.165, 1.54) is 141 Å². The molecule has 0 rings (SSSR count). The number of nitrogens with zero attached hydrogens (tertiary/aromatic N) is 1. The van der Waals surface area contributed by atoms with Crippen LogP contribution in [0.4, 0.5) is 0 Å². The van der Waals surface area contributed by atoms with Crippen molar-refractivity contribution < 1.29 is 42.9 Å². The number of likely N-dealkylation sites (N-methyl/N-ethyl adjacent to an activating group) is 1. The number of allylic oxidation sites excluding steroid dienone is 32. The second kappa shape index (κ2) is 79.8. The smallest absolute Gasteiger partial charge is 0.361 e. The van der Waals surface area contributed by atoms with E-state index in [0.717, 1.165) is 135 Å². The van der Waals surface area contributed by atoms with E-state index in [4.69, 9.17) is 18.9 Å². The van der Waals surface area contributed by atoms with Crippen LogP contribution in [0, 0.1) is 0 Å². The van der Waals surface area contributed by atoms with Gasteiger partial charge in [0.05, 0.1) is 34.4 Å². The summed E-state index contributed by atoms with van der Waals surface area (Å²) < 4.78 is 23.0. The highest BCUT2D eigenvalue weighted by molar-refractivity contribution is 5.71. The van der Waals surface area contributed by atoms with Crippen molar-refractivity contribution in [1.29, 1.82) is 0 Å². The molecule has 0 aliphatic rings. The fraction of sp³-hybridized carbons (Fsp3) is 0.620. The summed E-state index contributed by atoms with van der Waals surface area (Å²) in [6, 6.07) is 0. The fourth-order valence-corrected chi connectivity index (χ4v) is 10.8. The van der Waals surface area contributed by atoms with Gasteiger partial charge in [-0.05, 0) is 141 Å². The molecule has 9 heteroatoms. The van der Waals surface area contributed by atoms with Crippen molar-refractivity contribution in [2.45, 2.75) is 322 Å². The Hall–Kier alpha value is -5.87. The van der Waals surface area contributed by atoms with E-state index in [-0.39, 0.29) is 38.6 Å². The van der Waals surface area contributed by atoms with Crippen molar-refractivity contribution in [3.05, 3.63) is 194 Å². The summed E-state index contributed by atoms with van der Waals surface area (Å²) in [7, 11) is 5.96. The first-order valence-electron chi connectivity index (χ1n) is 40.6. The molecule has 1 N–H and O–H groups in total. The van der Waals surface area contributed by atoms with Crippen LogP contribution in [-0.2, 0) is 33.3 Å². The zero-order chi connectivity index (χ0) is 73.2. The van der Waals surface area contributed by atoms with Gasteiger partial charge >= 0.3 is 17.9 Å². The predicted molar refractivity (Wildman–Crippen MR) is 437 cm³/mol. The Morgan fingerprint density at radius 3 is 0.812 bits per heavy atom. The second-order valence-corrected chi connectivity index (χ2v) is 27.6. The average Bonchev–Trinajstić information content (AvgIpc) is 1.21. The van der Waals surface area contributed by atoms with Gasteiger partial charge in [0.2, 0.25) is 0 Å². The van der Waals surface area contributed by atoms with Crippen LogP contribution in [0.15, 0.2) is 194 Å². The lowest BCUT2D eigenvalue weighted by atomic mass is 10.0. The van der Waals surface area contributed by atoms with Crippen LogP contribution in [-0.4, -0.2) is 87.4 Å². The lowest BCUT2D eigenvalue weighted by molar-refractivity contribution is -0.870. The summed E-state index contributed by atoms with van der Waals surface area (Å²) in [6.07, 6.45) is 120. The third-order valence-corrected chi connectivity index (χ3v) is 16.8. The molecule has 0 radical (unpaired) electrons. The molecule has 570 valence electrons. The van der Waals surface area contributed by atoms with Gasteiger partial charge in [-0.25, -0.2) is 4.79 Å². The molecule has 0 saturated heterocycles. The molecule has 0 aliphatic carbocycles. The third-order valence-electron chi connectivity index (χ3n) is 16.8. The SMILES string of the molecule is CC/C=C\C/C=C\C/C=C\C/C=C\C/C=C\C/C=C\C/C=C\C/C=C\C/C=C\C/C=C\C/C=C\C/C=C\CCCCC(=O)OC(COC(=O)CCCCCCCCCCCCCCCCCCCCCCCCCC/C=C\C/C=C\C/C=C\C/C=C\CC)COC(OCC[N+](C)(C)C)C(=O)O. The van der Waals surface area contributed by atoms with Gasteiger partial charge in [0.15, 0.2) is 6.10 Å². The maximum atomic E-state index is 13.0. The maximum absolute atomic E-state index is 13.0. The second-order valence-electron chi connectivity index (χ2n) is 27.6. The molecule has 0 fully saturated rings. The van der Waals surface area contributed by atoms with Crippen molar-refractivity contribution >= 4 is 17.9 Å². The Labute approximate surface area is 621 Å². The minimum Gasteiger partial charge on any atom is -0.477 e. The number of carboxylic acids is 1. The summed E-state index contributed by atoms with van der Waals surface area (Å²) in [5, 5.41) is 9.77. The molecule has 0 amide bonds. The fourth-order valence-electron chi connectivity index (χ4n) is 10.8. The van der Waals surface area contributed by atoms with Crippen molar-refractivity contribution in [3.8, 4) is 0 Å². The predicted octanol–water partition coefficient (Wildman–Crippen LogP) is 26.5. The Morgan fingerprint density at radius 1 is 0.297 bits per heavy atom. The van der Waals surface area contributed by atoms with E-state index in [1.54, 1.807) is 0 Å². The molecule has 2 atom stereocenters. The molecule has 101 heavy (non-hydrogen) atoms. The van der Waals surface area contributed by atoms with Crippen molar-refractivity contribution in [2.75, 3.05) is 47.5 Å². The number of esters is 2. The molecular formula is C92H150NO8+. The number of carbonyl (C=O) groups is 3. The van der Waals surface area contributed by atoms with Crippen LogP contribution in [0.2, 0.25) is 0 Å². The zero-order valence-electron chi connectivity index (χ0n) is 65.2. The van der Waals surface area contributed by atoms with Crippen LogP contribution in [0.25, 0.3) is 0 Å². The molecule has 9 nitrogen and oxygen atoms in total. The molecule has 0 aromatic heterocycles. The normalized spacial score (nSPS) is 13.7. The van der Waals surface area contributed by atoms with E-state index >= 15 is 0 Å². The summed E-state index contributed by atoms with van der Waals surface area (Å²) in [6.45, 7) is 4.60. The summed E-state index contributed by atoms with van der Waals surface area (Å²) in [4.78, 5) is 37.7. The molecule has 0 spiro atoms. The van der Waals surface area contributed by atoms with Crippen LogP contribution in [0.3, 0.4) is 0 Å². The van der Waals surface area contributed by atoms with Gasteiger partial charge in [-0.3, -0.25) is 9.59 Å². The number of carbonyl (C=O) groups excluding carboxylic acids is 2. The van der Waals surface area contributed by atoms with Crippen LogP contribution >= 0.6 is 0 Å². The standard InChI is InChI=1S/C92H149NO8/c1-6-8-10-12-14-16-18-20-22-24-26-28-30-32-34-36-38-40-42-44-45-47-49-51-53-55-57-59-61-63-65-67-69-71-73-75-77-79-81-83-90(95)101-88(87-100-92(91(96)97)98-85-84-93(3,4)5)86-99-89(94)82-80-78-76-74-72-70-68-66-64-62-60-58-56-54-52-50-48-46-43-41-39-37-35-33-31-29-27-25-23-21-19-17-15-13-11-9-7-2/h8-11,14-17,20-23,26-29,32,34,38,40,44-45,49,51,55,57,61,63,67,69,73,75,88,92H,6-7,12-13,18-19,24-25,30-31,33,35-37,39,41-43,46-48,50,52-54,56,58-60,62,64-66,68,70-72,74,76-87H2,1-5H3/p+1/b10-8-,11-9-,16-14-,17-15-,22-20-,23-21-,28-26-,29-27-,34-32-,40-38-,45-44-,51-49-,57-55-,63-61-,69-67-,75-73-. The number of carboxylic acid groups (broad SMARTS) is 1. The zero-order valence-corrected chi connectivity index (χ0v) is 65.2. The van der Waals surface area contributed by atoms with Gasteiger partial charge in [-0.1, -0.05) is 350 Å². The molecule has 0 heterocycles. The van der Waals surface area contributed by atoms with Gasteiger partial charge in [0.25, 0.3) is 6.29 Å². The average molecular weight is 1400 g/mol. The van der Waals surface area contributed by atoms with Crippen LogP contribution in [0.1, 0.15) is 309 Å². The minimum absolute atomic E-state index is 0.171. The van der Waals surface area contributed by atoms with Gasteiger partial charge in [0.1, 0.15) is 13.2 Å². The summed E-state index contributed by atoms with van der Waals surface area (Å²) in [5.74, 6) is -2.07. The molecular weight excluding hydrogens is 1250 g/mol. The van der Waals surface area contributed by atoms with Gasteiger partial charge < -0.3 is 28.5 Å². The molecule has 0 aliphatic heterocycles. The first kappa shape index (κ1) is 95.1. The van der Waals surface area contributed by atoms with E-state index in [1.807, 2.05) is 21.1 Å². The number of aliphatic carboxylic acids is 1. The van der Waals surface area contributed by atoms with E-state index in [0.29, 0.717) is 17.4 Å². The van der Waals surface area contributed by atoms with Gasteiger partial charge in [0, 0.05) is 12.8 Å². The largest absolute Gasteiger partial charge is 0.477 e. The number of unbranched alkanes of at least 4 members (excludes halogenated alkanes) is 26. The van der Waals surface area contributed by atoms with Gasteiger partial charge in [-0.2, -0.15) is 0 Å². The summed E-state index contributed by atoms with van der Waals surface area (Å²) >= 11 is 0. The molecule has 0 saturated carbocycles. The Bertz CT molecular complexity index is 2380. The molecule has 0 bridgehead atoms. The van der Waals surface area contributed by atoms with Crippen LogP contribution in [0.5, 0.6) is 0 Å². The first-order chi connectivity index (χ1) is 49.6. The van der Waals surface area contributed by atoms with Crippen molar-refractivity contribution in [3.63, 3.8) is 0 Å². The van der Waals surface area contributed by atoms with E-state index < -0.39 is 24.3 Å². The number of ether oxygens (including phenoxy) is 4. The lowest BCUT2D eigenvalue weighted by Crippen LogP contribution is -2.40. The highest BCUT2D eigenvalue weighted by Crippen LogP contribution is 2.18. The number of hydrogen-bond donors (Lipinski definition) is 1. The van der Waals surface area contributed by atoms with Crippen molar-refractivity contribution in [1.82, 2.24) is 0 Å². The number of quaternary nitrogens is 1. The van der Waals surface area contributed by atoms with Crippen LogP contribution < -0.4 is 0 Å². The monoisotopic (exact) mass is 1400 g/mol. The van der Waals surface area contributed by atoms with Gasteiger partial charge in [-0.15, -0.1) is 0 Å². The number of hydrogen-bond acceptors (Lipinski definition) is 7. The quantitative estimate of drug-likeness (QED) is 0.0211. The molecule has 0 aromatic carbocycles. The Morgan fingerprint density at radius 2 is 0.535 bits per heavy atom. The highest BCUT2D eigenvalue weighted by Gasteiger charge is 2.25. The number of rotatable bonds is 73. The molecule has 2 unspecified atom stereocenters. The highest BCUT2D eigenvalue weighted by atomic mass is 16.7. The lowest BCUT2D eigenvalue weighted by Gasteiger charge is -2.25. The van der Waals surface area contributed by atoms with E-state index in [9.17, 15) is 19.5 Å². The van der Waals surface area contributed by atoms with E-state index in [2.05, 4.69) is 208 Å². The first-order valence-corrected chi connectivity index (χ1v) is 40.6. The topological polar surface area (TPSA) is 108 Å². The third kappa shape index (κ3) is 81.3. The Balaban J connectivity index is 4.15. The summed E-state index contributed by atoms with van der Waals surface area (Å²) in [5.41, 5.74) is 0. The minimum atomic E-state index is -1.53. The maximum Gasteiger partial charge on any atom is 0.361 e. The van der Waals surface area contributed by atoms with Crippen molar-refractivity contribution in [2.24, 2.45) is 0 Å². The molecule has 0 aromatic rings. The Kier molecular flexibility index (Phi) is 75.2.